The average molecular weight is 313 g/mol. The van der Waals surface area contributed by atoms with Gasteiger partial charge in [-0.2, -0.15) is 0 Å². The Morgan fingerprint density at radius 2 is 1.83 bits per heavy atom. The second-order valence-electron chi connectivity index (χ2n) is 6.99. The molecule has 3 aliphatic rings. The summed E-state index contributed by atoms with van der Waals surface area (Å²) in [5.41, 5.74) is 1.12. The molecule has 2 unspecified atom stereocenters. The van der Waals surface area contributed by atoms with E-state index in [4.69, 9.17) is 0 Å². The number of anilines is 1. The Hall–Kier alpha value is -2.37. The molecule has 0 aromatic heterocycles. The maximum absolute atomic E-state index is 12.9. The van der Waals surface area contributed by atoms with Gasteiger partial charge in [0.1, 0.15) is 6.04 Å². The van der Waals surface area contributed by atoms with Gasteiger partial charge in [0.05, 0.1) is 23.6 Å². The molecule has 2 fully saturated rings. The van der Waals surface area contributed by atoms with Crippen molar-refractivity contribution in [2.45, 2.75) is 32.7 Å². The van der Waals surface area contributed by atoms with E-state index in [0.717, 1.165) is 11.3 Å². The summed E-state index contributed by atoms with van der Waals surface area (Å²) >= 11 is 0. The first kappa shape index (κ1) is 14.2. The van der Waals surface area contributed by atoms with Crippen LogP contribution in [0.2, 0.25) is 0 Å². The predicted molar refractivity (Wildman–Crippen MR) is 83.3 cm³/mol. The van der Waals surface area contributed by atoms with Crippen molar-refractivity contribution in [1.29, 1.82) is 0 Å². The van der Waals surface area contributed by atoms with Crippen LogP contribution in [-0.2, 0) is 14.4 Å². The Morgan fingerprint density at radius 3 is 2.52 bits per heavy atom. The largest absolute Gasteiger partial charge is 0.281 e. The SMILES string of the molecule is CCN1C(=O)C2c3ccccc3N3CC(C)(C)C(=O)N3C2C1=O. The lowest BCUT2D eigenvalue weighted by Gasteiger charge is -2.41. The third-order valence-corrected chi connectivity index (χ3v) is 5.09. The number of likely N-dealkylation sites (N-methyl/N-ethyl adjacent to an activating group) is 1. The highest BCUT2D eigenvalue weighted by Gasteiger charge is 2.61. The minimum atomic E-state index is -0.744. The fourth-order valence-corrected chi connectivity index (χ4v) is 3.98. The molecule has 0 N–H and O–H groups in total. The Bertz CT molecular complexity index is 742. The lowest BCUT2D eigenvalue weighted by molar-refractivity contribution is -0.145. The summed E-state index contributed by atoms with van der Waals surface area (Å²) in [5.74, 6) is -1.16. The molecular formula is C17H19N3O3. The number of likely N-dealkylation sites (tertiary alicyclic amines) is 1. The molecule has 0 spiro atoms. The van der Waals surface area contributed by atoms with Gasteiger partial charge >= 0.3 is 0 Å². The lowest BCUT2D eigenvalue weighted by atomic mass is 9.89. The highest BCUT2D eigenvalue weighted by atomic mass is 16.2. The van der Waals surface area contributed by atoms with Gasteiger partial charge in [-0.15, -0.1) is 0 Å². The quantitative estimate of drug-likeness (QED) is 0.729. The van der Waals surface area contributed by atoms with E-state index in [9.17, 15) is 14.4 Å². The number of carbonyl (C=O) groups excluding carboxylic acids is 3. The van der Waals surface area contributed by atoms with Crippen molar-refractivity contribution < 1.29 is 14.4 Å². The maximum Gasteiger partial charge on any atom is 0.255 e. The third kappa shape index (κ3) is 1.61. The van der Waals surface area contributed by atoms with Crippen molar-refractivity contribution in [1.82, 2.24) is 9.91 Å². The minimum absolute atomic E-state index is 0.0962. The summed E-state index contributed by atoms with van der Waals surface area (Å²) in [6, 6.07) is 6.84. The van der Waals surface area contributed by atoms with Crippen LogP contribution in [0.3, 0.4) is 0 Å². The summed E-state index contributed by atoms with van der Waals surface area (Å²) < 4.78 is 0. The van der Waals surface area contributed by atoms with Crippen molar-refractivity contribution >= 4 is 23.4 Å². The molecule has 0 saturated carbocycles. The van der Waals surface area contributed by atoms with Gasteiger partial charge in [-0.05, 0) is 32.4 Å². The molecule has 2 saturated heterocycles. The second kappa shape index (κ2) is 4.34. The molecule has 1 aromatic carbocycles. The summed E-state index contributed by atoms with van der Waals surface area (Å²) in [6.45, 7) is 6.39. The maximum atomic E-state index is 12.9. The van der Waals surface area contributed by atoms with Crippen molar-refractivity contribution in [3.05, 3.63) is 29.8 Å². The van der Waals surface area contributed by atoms with E-state index in [0.29, 0.717) is 13.1 Å². The Morgan fingerprint density at radius 1 is 1.13 bits per heavy atom. The molecular weight excluding hydrogens is 294 g/mol. The van der Waals surface area contributed by atoms with Crippen LogP contribution in [0.5, 0.6) is 0 Å². The van der Waals surface area contributed by atoms with Crippen molar-refractivity contribution in [2.24, 2.45) is 5.41 Å². The van der Waals surface area contributed by atoms with Crippen LogP contribution in [0.25, 0.3) is 0 Å². The molecule has 1 aromatic rings. The third-order valence-electron chi connectivity index (χ3n) is 5.09. The fourth-order valence-electron chi connectivity index (χ4n) is 3.98. The zero-order chi connectivity index (χ0) is 16.5. The number of fused-ring (bicyclic) bond motifs is 6. The van der Waals surface area contributed by atoms with Crippen LogP contribution in [0.1, 0.15) is 32.3 Å². The number of rotatable bonds is 1. The fraction of sp³-hybridized carbons (Fsp3) is 0.471. The number of carbonyl (C=O) groups is 3. The van der Waals surface area contributed by atoms with E-state index < -0.39 is 17.4 Å². The molecule has 3 heterocycles. The average Bonchev–Trinajstić information content (AvgIpc) is 2.91. The molecule has 3 aliphatic heterocycles. The highest BCUT2D eigenvalue weighted by molar-refractivity contribution is 6.13. The van der Waals surface area contributed by atoms with E-state index in [1.54, 1.807) is 6.92 Å². The first-order valence-electron chi connectivity index (χ1n) is 7.93. The van der Waals surface area contributed by atoms with Crippen LogP contribution in [0.15, 0.2) is 24.3 Å². The standard InChI is InChI=1S/C17H19N3O3/c1-4-18-14(21)12-10-7-5-6-8-11(10)19-9-17(2,3)16(23)20(19)13(12)15(18)22/h5-8,12-13H,4,9H2,1-3H3. The second-order valence-corrected chi connectivity index (χ2v) is 6.99. The number of hydrazine groups is 1. The van der Waals surface area contributed by atoms with Crippen molar-refractivity contribution in [3.63, 3.8) is 0 Å². The van der Waals surface area contributed by atoms with Gasteiger partial charge in [0.15, 0.2) is 0 Å². The molecule has 3 amide bonds. The molecule has 0 radical (unpaired) electrons. The van der Waals surface area contributed by atoms with E-state index in [2.05, 4.69) is 0 Å². The van der Waals surface area contributed by atoms with E-state index in [1.165, 1.54) is 9.91 Å². The minimum Gasteiger partial charge on any atom is -0.281 e. The normalized spacial score (nSPS) is 28.1. The topological polar surface area (TPSA) is 60.9 Å². The lowest BCUT2D eigenvalue weighted by Crippen LogP contribution is -2.55. The Balaban J connectivity index is 1.95. The van der Waals surface area contributed by atoms with Crippen LogP contribution >= 0.6 is 0 Å². The van der Waals surface area contributed by atoms with Crippen LogP contribution in [0, 0.1) is 5.41 Å². The van der Waals surface area contributed by atoms with Crippen molar-refractivity contribution in [3.8, 4) is 0 Å². The smallest absolute Gasteiger partial charge is 0.255 e. The number of para-hydroxylation sites is 1. The number of imide groups is 1. The molecule has 2 atom stereocenters. The van der Waals surface area contributed by atoms with Crippen LogP contribution in [0.4, 0.5) is 5.69 Å². The van der Waals surface area contributed by atoms with Gasteiger partial charge in [-0.25, -0.2) is 5.01 Å². The van der Waals surface area contributed by atoms with Gasteiger partial charge in [0.25, 0.3) is 5.91 Å². The first-order valence-corrected chi connectivity index (χ1v) is 7.93. The van der Waals surface area contributed by atoms with E-state index in [-0.39, 0.29) is 17.7 Å². The van der Waals surface area contributed by atoms with Gasteiger partial charge in [0.2, 0.25) is 11.8 Å². The van der Waals surface area contributed by atoms with Gasteiger partial charge in [0, 0.05) is 6.54 Å². The Labute approximate surface area is 134 Å². The summed E-state index contributed by atoms with van der Waals surface area (Å²) in [7, 11) is 0. The summed E-state index contributed by atoms with van der Waals surface area (Å²) in [6.07, 6.45) is 0. The molecule has 6 heteroatoms. The van der Waals surface area contributed by atoms with Gasteiger partial charge in [-0.3, -0.25) is 24.3 Å². The van der Waals surface area contributed by atoms with Gasteiger partial charge in [-0.1, -0.05) is 18.2 Å². The Kier molecular flexibility index (Phi) is 2.69. The summed E-state index contributed by atoms with van der Waals surface area (Å²) in [4.78, 5) is 39.7. The molecule has 0 bridgehead atoms. The molecule has 0 aliphatic carbocycles. The van der Waals surface area contributed by atoms with Crippen LogP contribution < -0.4 is 5.01 Å². The van der Waals surface area contributed by atoms with Gasteiger partial charge < -0.3 is 0 Å². The zero-order valence-electron chi connectivity index (χ0n) is 13.4. The molecule has 4 rings (SSSR count). The first-order chi connectivity index (χ1) is 10.9. The zero-order valence-corrected chi connectivity index (χ0v) is 13.4. The number of hydrogen-bond donors (Lipinski definition) is 0. The predicted octanol–water partition coefficient (Wildman–Crippen LogP) is 1.13. The number of nitrogens with zero attached hydrogens (tertiary/aromatic N) is 3. The highest BCUT2D eigenvalue weighted by Crippen LogP contribution is 2.48. The van der Waals surface area contributed by atoms with E-state index in [1.807, 2.05) is 43.1 Å². The molecule has 120 valence electrons. The van der Waals surface area contributed by atoms with E-state index >= 15 is 0 Å². The molecule has 6 nitrogen and oxygen atoms in total. The molecule has 23 heavy (non-hydrogen) atoms. The van der Waals surface area contributed by atoms with Crippen molar-refractivity contribution in [2.75, 3.05) is 18.1 Å². The van der Waals surface area contributed by atoms with Crippen LogP contribution in [-0.4, -0.2) is 46.8 Å². The monoisotopic (exact) mass is 313 g/mol. The number of benzene rings is 1. The number of hydrogen-bond acceptors (Lipinski definition) is 4. The number of amides is 3. The summed E-state index contributed by atoms with van der Waals surface area (Å²) in [5, 5.41) is 3.41.